The summed E-state index contributed by atoms with van der Waals surface area (Å²) in [6.45, 7) is 7.96. The second-order valence-corrected chi connectivity index (χ2v) is 9.52. The molecule has 0 spiro atoms. The van der Waals surface area contributed by atoms with Gasteiger partial charge in [0.2, 0.25) is 0 Å². The number of rotatable bonds is 4. The molecule has 25 heavy (non-hydrogen) atoms. The highest BCUT2D eigenvalue weighted by atomic mass is 35.5. The number of urea groups is 1. The Balaban J connectivity index is 2.23. The van der Waals surface area contributed by atoms with Crippen LogP contribution in [0.1, 0.15) is 34.1 Å². The average Bonchev–Trinajstić information content (AvgIpc) is 2.78. The molecular weight excluding hydrogens is 401 g/mol. The fourth-order valence-electron chi connectivity index (χ4n) is 2.66. The number of benzene rings is 1. The molecule has 1 aromatic carbocycles. The summed E-state index contributed by atoms with van der Waals surface area (Å²) in [4.78, 5) is 14.5. The minimum absolute atomic E-state index is 0.0965. The van der Waals surface area contributed by atoms with Crippen molar-refractivity contribution < 1.29 is 10.0 Å². The van der Waals surface area contributed by atoms with Crippen molar-refractivity contribution >= 4 is 63.2 Å². The molecule has 0 aliphatic carbocycles. The van der Waals surface area contributed by atoms with Crippen molar-refractivity contribution in [2.24, 2.45) is 0 Å². The molecule has 1 heterocycles. The van der Waals surface area contributed by atoms with Crippen LogP contribution in [0.15, 0.2) is 18.2 Å². The Morgan fingerprint density at radius 1 is 1.48 bits per heavy atom. The first kappa shape index (κ1) is 20.6. The van der Waals surface area contributed by atoms with Gasteiger partial charge in [0.05, 0.1) is 14.8 Å². The van der Waals surface area contributed by atoms with Gasteiger partial charge in [-0.1, -0.05) is 54.1 Å². The summed E-state index contributed by atoms with van der Waals surface area (Å²) in [5.74, 6) is 0. The van der Waals surface area contributed by atoms with Gasteiger partial charge in [-0.3, -0.25) is 5.21 Å². The van der Waals surface area contributed by atoms with Crippen LogP contribution < -0.4 is 5.32 Å². The topological polar surface area (TPSA) is 55.8 Å². The Kier molecular flexibility index (Phi) is 6.49. The van der Waals surface area contributed by atoms with Crippen LogP contribution in [0.2, 0.25) is 10.0 Å². The molecule has 1 aliphatic rings. The number of hydrogen-bond acceptors (Lipinski definition) is 4. The van der Waals surface area contributed by atoms with Crippen molar-refractivity contribution in [3.05, 3.63) is 28.2 Å². The van der Waals surface area contributed by atoms with Gasteiger partial charge in [0.15, 0.2) is 0 Å². The normalized spacial score (nSPS) is 20.5. The van der Waals surface area contributed by atoms with Crippen LogP contribution in [0.3, 0.4) is 0 Å². The number of halogens is 2. The number of thiocarbonyl (C=S) groups is 1. The molecule has 138 valence electrons. The Morgan fingerprint density at radius 2 is 2.12 bits per heavy atom. The highest BCUT2D eigenvalue weighted by molar-refractivity contribution is 8.24. The van der Waals surface area contributed by atoms with Crippen LogP contribution in [0, 0.1) is 0 Å². The first-order valence-electron chi connectivity index (χ1n) is 7.84. The largest absolute Gasteiger partial charge is 0.347 e. The van der Waals surface area contributed by atoms with E-state index in [4.69, 9.17) is 35.4 Å². The summed E-state index contributed by atoms with van der Waals surface area (Å²) in [6.07, 6.45) is 0.262. The second-order valence-electron chi connectivity index (χ2n) is 6.41. The number of nitrogens with one attached hydrogen (secondary N) is 1. The molecule has 1 saturated heterocycles. The third-order valence-electron chi connectivity index (χ3n) is 4.12. The Hall–Kier alpha value is -0.730. The van der Waals surface area contributed by atoms with Crippen LogP contribution >= 0.6 is 47.2 Å². The number of carbonyl (C=O) groups excluding carboxylic acids is 1. The molecule has 2 atom stereocenters. The number of amides is 2. The smallest absolute Gasteiger partial charge is 0.331 e. The molecule has 2 amide bonds. The summed E-state index contributed by atoms with van der Waals surface area (Å²) in [6, 6.07) is 4.17. The lowest BCUT2D eigenvalue weighted by molar-refractivity contribution is -0.120. The zero-order valence-corrected chi connectivity index (χ0v) is 17.6. The Morgan fingerprint density at radius 3 is 2.68 bits per heavy atom. The van der Waals surface area contributed by atoms with Crippen molar-refractivity contribution in [2.45, 2.75) is 51.1 Å². The first-order chi connectivity index (χ1) is 11.6. The Bertz CT molecular complexity index is 687. The number of nitrogens with zero attached hydrogens (tertiary/aromatic N) is 2. The molecule has 0 aromatic heterocycles. The average molecular weight is 422 g/mol. The van der Waals surface area contributed by atoms with Crippen molar-refractivity contribution in [3.8, 4) is 0 Å². The van der Waals surface area contributed by atoms with Gasteiger partial charge >= 0.3 is 6.03 Å². The van der Waals surface area contributed by atoms with Gasteiger partial charge in [0.1, 0.15) is 10.5 Å². The minimum Gasteiger partial charge on any atom is -0.331 e. The van der Waals surface area contributed by atoms with Crippen LogP contribution in [0.5, 0.6) is 0 Å². The van der Waals surface area contributed by atoms with Gasteiger partial charge in [-0.25, -0.2) is 4.79 Å². The van der Waals surface area contributed by atoms with Gasteiger partial charge in [0, 0.05) is 11.7 Å². The maximum absolute atomic E-state index is 12.6. The van der Waals surface area contributed by atoms with E-state index in [9.17, 15) is 10.0 Å². The van der Waals surface area contributed by atoms with E-state index in [-0.39, 0.29) is 6.04 Å². The summed E-state index contributed by atoms with van der Waals surface area (Å²) in [5.41, 5.74) is 0.444. The van der Waals surface area contributed by atoms with E-state index in [1.54, 1.807) is 12.1 Å². The third-order valence-corrected chi connectivity index (χ3v) is 6.44. The fraction of sp³-hybridized carbons (Fsp3) is 0.500. The molecule has 0 bridgehead atoms. The van der Waals surface area contributed by atoms with Crippen LogP contribution in [0.4, 0.5) is 10.5 Å². The highest BCUT2D eigenvalue weighted by Gasteiger charge is 2.50. The van der Waals surface area contributed by atoms with E-state index in [0.717, 1.165) is 6.42 Å². The number of carbonyl (C=O) groups is 1. The third kappa shape index (κ3) is 4.34. The lowest BCUT2D eigenvalue weighted by Gasteiger charge is -2.39. The van der Waals surface area contributed by atoms with Crippen LogP contribution in [0.25, 0.3) is 0 Å². The summed E-state index contributed by atoms with van der Waals surface area (Å²) in [7, 11) is 0. The summed E-state index contributed by atoms with van der Waals surface area (Å²) < 4.78 is 0.218. The van der Waals surface area contributed by atoms with Crippen LogP contribution in [-0.2, 0) is 0 Å². The predicted octanol–water partition coefficient (Wildman–Crippen LogP) is 5.45. The molecule has 1 aliphatic heterocycles. The number of thioether (sulfide) groups is 1. The Labute approximate surface area is 167 Å². The van der Waals surface area contributed by atoms with Crippen LogP contribution in [-0.4, -0.2) is 42.5 Å². The number of anilines is 1. The molecule has 1 fully saturated rings. The molecule has 0 saturated carbocycles. The van der Waals surface area contributed by atoms with E-state index >= 15 is 0 Å². The van der Waals surface area contributed by atoms with Gasteiger partial charge < -0.3 is 10.2 Å². The second kappa shape index (κ2) is 7.88. The maximum Gasteiger partial charge on any atom is 0.347 e. The summed E-state index contributed by atoms with van der Waals surface area (Å²) in [5, 5.41) is 14.7. The molecule has 0 radical (unpaired) electrons. The molecular formula is C16H21Cl2N3O2S2. The molecule has 2 rings (SSSR count). The monoisotopic (exact) mass is 421 g/mol. The van der Waals surface area contributed by atoms with Crippen molar-refractivity contribution in [3.63, 3.8) is 0 Å². The minimum atomic E-state index is -0.657. The van der Waals surface area contributed by atoms with E-state index in [1.807, 2.05) is 32.6 Å². The maximum atomic E-state index is 12.6. The zero-order valence-electron chi connectivity index (χ0n) is 14.4. The molecule has 0 unspecified atom stereocenters. The first-order valence-corrected chi connectivity index (χ1v) is 9.82. The highest BCUT2D eigenvalue weighted by Crippen LogP contribution is 2.43. The van der Waals surface area contributed by atoms with Gasteiger partial charge in [-0.05, 0) is 45.4 Å². The van der Waals surface area contributed by atoms with Gasteiger partial charge in [-0.15, -0.1) is 0 Å². The van der Waals surface area contributed by atoms with E-state index in [1.165, 1.54) is 17.8 Å². The van der Waals surface area contributed by atoms with Gasteiger partial charge in [-0.2, -0.15) is 5.06 Å². The standard InChI is InChI=1S/C16H21Cl2N3O2S2/c1-5-9(2)20-13(16(3,4)25-15(20)24)21(23)14(22)19-10-6-7-11(17)12(18)8-10/h6-9,13,23H,5H2,1-4H3,(H,19,22)/t9-,13+/m0/s1. The van der Waals surface area contributed by atoms with Crippen molar-refractivity contribution in [2.75, 3.05) is 5.32 Å². The number of hydroxylamine groups is 2. The predicted molar refractivity (Wildman–Crippen MR) is 109 cm³/mol. The van der Waals surface area contributed by atoms with Gasteiger partial charge in [0.25, 0.3) is 0 Å². The lowest BCUT2D eigenvalue weighted by Crippen LogP contribution is -2.57. The molecule has 1 aromatic rings. The fourth-order valence-corrected chi connectivity index (χ4v) is 5.04. The zero-order chi connectivity index (χ0) is 18.9. The van der Waals surface area contributed by atoms with E-state index in [0.29, 0.717) is 25.1 Å². The summed E-state index contributed by atoms with van der Waals surface area (Å²) >= 11 is 18.8. The van der Waals surface area contributed by atoms with Crippen molar-refractivity contribution in [1.82, 2.24) is 9.96 Å². The molecule has 9 heteroatoms. The quantitative estimate of drug-likeness (QED) is 0.384. The SMILES string of the molecule is CC[C@H](C)N1C(=S)SC(C)(C)[C@H]1N(O)C(=O)Nc1ccc(Cl)c(Cl)c1. The lowest BCUT2D eigenvalue weighted by atomic mass is 10.1. The van der Waals surface area contributed by atoms with E-state index < -0.39 is 16.9 Å². The van der Waals surface area contributed by atoms with E-state index in [2.05, 4.69) is 5.32 Å². The van der Waals surface area contributed by atoms with Crippen molar-refractivity contribution in [1.29, 1.82) is 0 Å². The molecule has 5 nitrogen and oxygen atoms in total. The number of hydrogen-bond donors (Lipinski definition) is 2. The molecule has 2 N–H and O–H groups in total.